The molecule has 0 aromatic rings. The van der Waals surface area contributed by atoms with Gasteiger partial charge in [0.05, 0.1) is 12.7 Å². The zero-order valence-corrected chi connectivity index (χ0v) is 19.8. The van der Waals surface area contributed by atoms with Crippen molar-refractivity contribution in [3.05, 3.63) is 0 Å². The number of hydrogen-bond acceptors (Lipinski definition) is 7. The Morgan fingerprint density at radius 3 is 2.28 bits per heavy atom. The van der Waals surface area contributed by atoms with E-state index in [4.69, 9.17) is 14.2 Å². The van der Waals surface area contributed by atoms with Gasteiger partial charge in [0.25, 0.3) is 0 Å². The van der Waals surface area contributed by atoms with Crippen LogP contribution in [0.2, 0.25) is 0 Å². The highest BCUT2D eigenvalue weighted by Crippen LogP contribution is 2.66. The van der Waals surface area contributed by atoms with Gasteiger partial charge in [-0.15, -0.1) is 0 Å². The third kappa shape index (κ3) is 3.95. The van der Waals surface area contributed by atoms with Crippen LogP contribution in [0.5, 0.6) is 0 Å². The van der Waals surface area contributed by atoms with Crippen molar-refractivity contribution >= 4 is 17.9 Å². The molecule has 0 bridgehead atoms. The van der Waals surface area contributed by atoms with E-state index in [0.717, 1.165) is 44.9 Å². The lowest BCUT2D eigenvalue weighted by Gasteiger charge is -2.61. The third-order valence-electron chi connectivity index (χ3n) is 9.40. The van der Waals surface area contributed by atoms with E-state index in [0.29, 0.717) is 30.8 Å². The van der Waals surface area contributed by atoms with E-state index >= 15 is 0 Å². The molecule has 0 heterocycles. The minimum Gasteiger partial charge on any atom is -0.465 e. The molecular formula is C25H38O7. The molecule has 4 fully saturated rings. The van der Waals surface area contributed by atoms with Gasteiger partial charge in [-0.05, 0) is 68.6 Å². The largest absolute Gasteiger partial charge is 0.465 e. The van der Waals surface area contributed by atoms with Crippen LogP contribution < -0.4 is 0 Å². The number of aliphatic hydroxyl groups excluding tert-OH is 1. The maximum Gasteiger partial charge on any atom is 0.302 e. The predicted octanol–water partition coefficient (Wildman–Crippen LogP) is 3.41. The quantitative estimate of drug-likeness (QED) is 0.518. The maximum absolute atomic E-state index is 11.8. The molecule has 0 radical (unpaired) electrons. The van der Waals surface area contributed by atoms with Gasteiger partial charge in [0.2, 0.25) is 0 Å². The van der Waals surface area contributed by atoms with Gasteiger partial charge in [-0.25, -0.2) is 0 Å². The Bertz CT molecular complexity index is 765. The Morgan fingerprint density at radius 2 is 1.62 bits per heavy atom. The summed E-state index contributed by atoms with van der Waals surface area (Å²) in [6.07, 6.45) is 5.96. The van der Waals surface area contributed by atoms with Gasteiger partial charge in [0, 0.05) is 38.0 Å². The van der Waals surface area contributed by atoms with Gasteiger partial charge < -0.3 is 19.3 Å². The van der Waals surface area contributed by atoms with Gasteiger partial charge in [0.1, 0.15) is 12.2 Å². The molecule has 4 aliphatic rings. The molecule has 1 N–H and O–H groups in total. The van der Waals surface area contributed by atoms with E-state index in [-0.39, 0.29) is 46.9 Å². The summed E-state index contributed by atoms with van der Waals surface area (Å²) >= 11 is 0. The van der Waals surface area contributed by atoms with Crippen LogP contribution >= 0.6 is 0 Å². The first kappa shape index (κ1) is 23.5. The first-order chi connectivity index (χ1) is 15.1. The molecule has 4 aliphatic carbocycles. The van der Waals surface area contributed by atoms with Crippen LogP contribution in [-0.4, -0.2) is 47.9 Å². The fraction of sp³-hybridized carbons (Fsp3) is 0.880. The molecule has 0 aliphatic heterocycles. The molecule has 180 valence electrons. The van der Waals surface area contributed by atoms with Gasteiger partial charge in [-0.3, -0.25) is 14.4 Å². The maximum atomic E-state index is 11.8. The fourth-order valence-corrected chi connectivity index (χ4v) is 8.27. The summed E-state index contributed by atoms with van der Waals surface area (Å²) in [7, 11) is 0. The Hall–Kier alpha value is -1.63. The van der Waals surface area contributed by atoms with Crippen LogP contribution in [0, 0.1) is 34.5 Å². The van der Waals surface area contributed by atoms with Crippen LogP contribution in [-0.2, 0) is 28.6 Å². The molecule has 4 rings (SSSR count). The number of aliphatic hydroxyl groups is 1. The zero-order chi connectivity index (χ0) is 23.3. The van der Waals surface area contributed by atoms with Crippen molar-refractivity contribution < 1.29 is 33.7 Å². The van der Waals surface area contributed by atoms with Crippen molar-refractivity contribution in [2.24, 2.45) is 34.5 Å². The number of ether oxygens (including phenoxy) is 3. The zero-order valence-electron chi connectivity index (χ0n) is 19.8. The summed E-state index contributed by atoms with van der Waals surface area (Å²) in [5.74, 6) is 0.253. The highest BCUT2D eigenvalue weighted by molar-refractivity contribution is 5.66. The van der Waals surface area contributed by atoms with Crippen LogP contribution in [0.3, 0.4) is 0 Å². The normalized spacial score (nSPS) is 45.1. The molecule has 0 unspecified atom stereocenters. The molecule has 0 aromatic heterocycles. The number of carbonyl (C=O) groups is 3. The summed E-state index contributed by atoms with van der Waals surface area (Å²) in [4.78, 5) is 35.0. The number of esters is 3. The second-order valence-corrected chi connectivity index (χ2v) is 11.0. The molecular weight excluding hydrogens is 412 g/mol. The van der Waals surface area contributed by atoms with Gasteiger partial charge >= 0.3 is 17.9 Å². The molecule has 0 amide bonds. The van der Waals surface area contributed by atoms with E-state index in [1.54, 1.807) is 0 Å². The predicted molar refractivity (Wildman–Crippen MR) is 115 cm³/mol. The minimum absolute atomic E-state index is 0.0706. The summed E-state index contributed by atoms with van der Waals surface area (Å²) in [5.41, 5.74) is -0.373. The van der Waals surface area contributed by atoms with Crippen molar-refractivity contribution in [2.75, 3.05) is 6.61 Å². The van der Waals surface area contributed by atoms with Crippen LogP contribution in [0.25, 0.3) is 0 Å². The number of fused-ring (bicyclic) bond motifs is 5. The molecule has 0 spiro atoms. The first-order valence-electron chi connectivity index (χ1n) is 12.2. The Morgan fingerprint density at radius 1 is 0.906 bits per heavy atom. The summed E-state index contributed by atoms with van der Waals surface area (Å²) in [5, 5.41) is 11.1. The lowest BCUT2D eigenvalue weighted by molar-refractivity contribution is -0.189. The summed E-state index contributed by atoms with van der Waals surface area (Å²) in [6.45, 7) is 6.93. The van der Waals surface area contributed by atoms with Gasteiger partial charge in [0.15, 0.2) is 0 Å². The van der Waals surface area contributed by atoms with Crippen LogP contribution in [0.4, 0.5) is 0 Å². The Kier molecular flexibility index (Phi) is 6.34. The average molecular weight is 451 g/mol. The lowest BCUT2D eigenvalue weighted by Crippen LogP contribution is -2.58. The van der Waals surface area contributed by atoms with Crippen molar-refractivity contribution in [3.63, 3.8) is 0 Å². The molecule has 0 saturated heterocycles. The highest BCUT2D eigenvalue weighted by Gasteiger charge is 2.65. The van der Waals surface area contributed by atoms with Crippen molar-refractivity contribution in [1.82, 2.24) is 0 Å². The standard InChI is InChI=1S/C25H38O7/c1-14(26)30-13-25-10-7-18(31-15(2)27)11-17(25)5-6-19-20(25)8-9-24(4)22(32-16(3)28)12-21(29)23(19)24/h17-23,29H,5-13H2,1-4H3/t17-,18-,19+,20-,21-,22-,23+,24+,25+/m0/s1. The summed E-state index contributed by atoms with van der Waals surface area (Å²) < 4.78 is 16.9. The monoisotopic (exact) mass is 450 g/mol. The number of carbonyl (C=O) groups excluding carboxylic acids is 3. The van der Waals surface area contributed by atoms with E-state index < -0.39 is 6.10 Å². The third-order valence-corrected chi connectivity index (χ3v) is 9.40. The second-order valence-electron chi connectivity index (χ2n) is 11.0. The Balaban J connectivity index is 1.62. The van der Waals surface area contributed by atoms with Crippen LogP contribution in [0.15, 0.2) is 0 Å². The lowest BCUT2D eigenvalue weighted by atomic mass is 9.44. The smallest absolute Gasteiger partial charge is 0.302 e. The van der Waals surface area contributed by atoms with Crippen LogP contribution in [0.1, 0.15) is 79.1 Å². The first-order valence-corrected chi connectivity index (χ1v) is 12.2. The fourth-order valence-electron chi connectivity index (χ4n) is 8.27. The molecule has 9 atom stereocenters. The van der Waals surface area contributed by atoms with Crippen molar-refractivity contribution in [2.45, 2.75) is 97.4 Å². The van der Waals surface area contributed by atoms with E-state index in [2.05, 4.69) is 6.92 Å². The second kappa shape index (κ2) is 8.62. The van der Waals surface area contributed by atoms with Crippen molar-refractivity contribution in [1.29, 1.82) is 0 Å². The SMILES string of the molecule is CC(=O)OC[C@]12CC[C@H](OC(C)=O)C[C@@H]1CC[C@H]1[C@@H]3[C@@H](O)C[C@H](OC(C)=O)[C@@]3(C)CC[C@@H]12. The van der Waals surface area contributed by atoms with E-state index in [1.165, 1.54) is 20.8 Å². The Labute approximate surface area is 190 Å². The van der Waals surface area contributed by atoms with Gasteiger partial charge in [-0.2, -0.15) is 0 Å². The topological polar surface area (TPSA) is 99.1 Å². The average Bonchev–Trinajstić information content (AvgIpc) is 2.95. The summed E-state index contributed by atoms with van der Waals surface area (Å²) in [6, 6.07) is 0. The molecule has 4 saturated carbocycles. The molecule has 0 aromatic carbocycles. The highest BCUT2D eigenvalue weighted by atomic mass is 16.5. The van der Waals surface area contributed by atoms with Crippen molar-refractivity contribution in [3.8, 4) is 0 Å². The molecule has 7 heteroatoms. The van der Waals surface area contributed by atoms with E-state index in [9.17, 15) is 19.5 Å². The minimum atomic E-state index is -0.489. The number of rotatable bonds is 4. The number of hydrogen-bond donors (Lipinski definition) is 1. The van der Waals surface area contributed by atoms with Gasteiger partial charge in [-0.1, -0.05) is 6.92 Å². The molecule has 32 heavy (non-hydrogen) atoms. The van der Waals surface area contributed by atoms with E-state index in [1.807, 2.05) is 0 Å². The molecule has 7 nitrogen and oxygen atoms in total.